The van der Waals surface area contributed by atoms with Crippen molar-refractivity contribution in [2.24, 2.45) is 0 Å². The van der Waals surface area contributed by atoms with Gasteiger partial charge >= 0.3 is 0 Å². The Morgan fingerprint density at radius 1 is 1.30 bits per heavy atom. The monoisotopic (exact) mass is 356 g/mol. The summed E-state index contributed by atoms with van der Waals surface area (Å²) in [5, 5.41) is 10.9. The average Bonchev–Trinajstić information content (AvgIpc) is 2.99. The van der Waals surface area contributed by atoms with Crippen LogP contribution in [0.4, 0.5) is 0 Å². The van der Waals surface area contributed by atoms with Gasteiger partial charge in [0.2, 0.25) is 15.9 Å². The molecule has 1 heterocycles. The normalized spacial score (nSPS) is 12.0. The summed E-state index contributed by atoms with van der Waals surface area (Å²) in [7, 11) is -3.68. The maximum atomic E-state index is 13.0. The number of thiophene rings is 1. The number of fused-ring (bicyclic) bond motifs is 1. The molecule has 1 aromatic carbocycles. The van der Waals surface area contributed by atoms with Crippen LogP contribution in [0.15, 0.2) is 34.5 Å². The number of benzene rings is 1. The lowest BCUT2D eigenvalue weighted by atomic mass is 10.3. The Bertz CT molecular complexity index is 771. The number of nitrogens with zero attached hydrogens (tertiary/aromatic N) is 1. The Labute approximate surface area is 139 Å². The number of rotatable bonds is 8. The van der Waals surface area contributed by atoms with Crippen molar-refractivity contribution in [2.75, 3.05) is 13.1 Å². The zero-order valence-corrected chi connectivity index (χ0v) is 14.5. The average molecular weight is 356 g/mol. The highest BCUT2D eigenvalue weighted by atomic mass is 32.2. The van der Waals surface area contributed by atoms with E-state index in [0.29, 0.717) is 18.4 Å². The molecule has 0 spiro atoms. The van der Waals surface area contributed by atoms with Gasteiger partial charge in [0, 0.05) is 35.0 Å². The fraction of sp³-hybridized carbons (Fsp3) is 0.400. The lowest BCUT2D eigenvalue weighted by Gasteiger charge is -2.21. The number of sulfonamides is 1. The second-order valence-electron chi connectivity index (χ2n) is 5.14. The zero-order valence-electron chi connectivity index (χ0n) is 12.9. The fourth-order valence-electron chi connectivity index (χ4n) is 2.26. The molecule has 0 fully saturated rings. The molecule has 6 nitrogen and oxygen atoms in total. The van der Waals surface area contributed by atoms with Crippen LogP contribution >= 0.6 is 11.3 Å². The third-order valence-electron chi connectivity index (χ3n) is 3.54. The van der Waals surface area contributed by atoms with Crippen molar-refractivity contribution < 1.29 is 18.4 Å². The summed E-state index contributed by atoms with van der Waals surface area (Å²) >= 11 is 1.39. The third-order valence-corrected chi connectivity index (χ3v) is 6.59. The van der Waals surface area contributed by atoms with Crippen molar-refractivity contribution in [3.05, 3.63) is 29.6 Å². The van der Waals surface area contributed by atoms with Gasteiger partial charge in [0.05, 0.1) is 0 Å². The topological polar surface area (TPSA) is 86.7 Å². The molecule has 1 aromatic heterocycles. The van der Waals surface area contributed by atoms with Crippen LogP contribution in [0.25, 0.3) is 10.1 Å². The summed E-state index contributed by atoms with van der Waals surface area (Å²) in [5.74, 6) is -0.600. The number of amides is 1. The van der Waals surface area contributed by atoms with Crippen LogP contribution in [-0.4, -0.2) is 36.9 Å². The number of unbranched alkanes of at least 4 members (excludes halogenated alkanes) is 1. The van der Waals surface area contributed by atoms with E-state index in [-0.39, 0.29) is 17.9 Å². The predicted octanol–water partition coefficient (Wildman–Crippen LogP) is 2.59. The van der Waals surface area contributed by atoms with E-state index in [1.54, 1.807) is 11.4 Å². The van der Waals surface area contributed by atoms with Crippen molar-refractivity contribution >= 4 is 37.4 Å². The number of nitrogens with one attached hydrogen (secondary N) is 1. The van der Waals surface area contributed by atoms with E-state index in [2.05, 4.69) is 0 Å². The largest absolute Gasteiger partial charge is 0.289 e. The number of carbonyl (C=O) groups is 1. The molecule has 126 valence electrons. The Morgan fingerprint density at radius 3 is 2.74 bits per heavy atom. The predicted molar refractivity (Wildman–Crippen MR) is 90.0 cm³/mol. The van der Waals surface area contributed by atoms with Crippen LogP contribution in [0, 0.1) is 0 Å². The minimum Gasteiger partial charge on any atom is -0.289 e. The minimum absolute atomic E-state index is 0.0406. The molecular weight excluding hydrogens is 336 g/mol. The Morgan fingerprint density at radius 2 is 2.04 bits per heavy atom. The fourth-order valence-corrected chi connectivity index (χ4v) is 5.21. The van der Waals surface area contributed by atoms with Gasteiger partial charge in [-0.2, -0.15) is 4.31 Å². The quantitative estimate of drug-likeness (QED) is 0.562. The molecule has 8 heteroatoms. The van der Waals surface area contributed by atoms with Gasteiger partial charge in [-0.3, -0.25) is 10.0 Å². The van der Waals surface area contributed by atoms with Crippen molar-refractivity contribution in [3.8, 4) is 0 Å². The van der Waals surface area contributed by atoms with Crippen molar-refractivity contribution in [1.82, 2.24) is 9.79 Å². The molecule has 2 aromatic rings. The molecule has 2 rings (SSSR count). The van der Waals surface area contributed by atoms with Gasteiger partial charge in [0.25, 0.3) is 0 Å². The first-order valence-electron chi connectivity index (χ1n) is 7.40. The molecule has 0 aliphatic carbocycles. The van der Waals surface area contributed by atoms with Gasteiger partial charge in [0.15, 0.2) is 0 Å². The molecule has 0 saturated carbocycles. The molecule has 23 heavy (non-hydrogen) atoms. The smallest absolute Gasteiger partial charge is 0.244 e. The zero-order chi connectivity index (χ0) is 16.9. The van der Waals surface area contributed by atoms with Gasteiger partial charge in [-0.15, -0.1) is 11.3 Å². The van der Waals surface area contributed by atoms with Gasteiger partial charge < -0.3 is 0 Å². The highest BCUT2D eigenvalue weighted by molar-refractivity contribution is 7.89. The van der Waals surface area contributed by atoms with Crippen LogP contribution in [-0.2, 0) is 14.8 Å². The van der Waals surface area contributed by atoms with Crippen LogP contribution in [0.2, 0.25) is 0 Å². The van der Waals surface area contributed by atoms with Gasteiger partial charge in [-0.1, -0.05) is 31.5 Å². The second kappa shape index (κ2) is 7.87. The van der Waals surface area contributed by atoms with Gasteiger partial charge in [0.1, 0.15) is 4.90 Å². The lowest BCUT2D eigenvalue weighted by molar-refractivity contribution is -0.129. The molecular formula is C15H20N2O4S2. The van der Waals surface area contributed by atoms with E-state index in [4.69, 9.17) is 5.21 Å². The van der Waals surface area contributed by atoms with E-state index in [0.717, 1.165) is 11.1 Å². The molecule has 0 saturated heterocycles. The van der Waals surface area contributed by atoms with Crippen molar-refractivity contribution in [3.63, 3.8) is 0 Å². The summed E-state index contributed by atoms with van der Waals surface area (Å²) in [6.45, 7) is 2.37. The van der Waals surface area contributed by atoms with E-state index >= 15 is 0 Å². The maximum Gasteiger partial charge on any atom is 0.244 e. The molecule has 1 amide bonds. The van der Waals surface area contributed by atoms with Gasteiger partial charge in [-0.25, -0.2) is 13.9 Å². The first kappa shape index (κ1) is 17.9. The standard InChI is InChI=1S/C15H20N2O4S2/c1-2-3-9-17(10-8-15(18)16-19)23(20,21)14-11-22-13-7-5-4-6-12(13)14/h4-7,11,19H,2-3,8-10H2,1H3,(H,16,18). The molecule has 0 unspecified atom stereocenters. The number of hydrogen-bond acceptors (Lipinski definition) is 5. The number of carbonyl (C=O) groups excluding carboxylic acids is 1. The summed E-state index contributed by atoms with van der Waals surface area (Å²) in [4.78, 5) is 11.5. The molecule has 0 atom stereocenters. The summed E-state index contributed by atoms with van der Waals surface area (Å²) in [5.41, 5.74) is 1.53. The SMILES string of the molecule is CCCCN(CCC(=O)NO)S(=O)(=O)c1csc2ccccc12. The molecule has 2 N–H and O–H groups in total. The Kier molecular flexibility index (Phi) is 6.11. The highest BCUT2D eigenvalue weighted by Gasteiger charge is 2.27. The van der Waals surface area contributed by atoms with Crippen LogP contribution < -0.4 is 5.48 Å². The van der Waals surface area contributed by atoms with E-state index in [1.807, 2.05) is 25.1 Å². The van der Waals surface area contributed by atoms with E-state index in [1.165, 1.54) is 21.1 Å². The molecule has 0 bridgehead atoms. The summed E-state index contributed by atoms with van der Waals surface area (Å²) < 4.78 is 28.1. The lowest BCUT2D eigenvalue weighted by Crippen LogP contribution is -2.35. The molecule has 0 aliphatic rings. The minimum atomic E-state index is -3.68. The molecule has 0 aliphatic heterocycles. The molecule has 0 radical (unpaired) electrons. The Balaban J connectivity index is 2.32. The van der Waals surface area contributed by atoms with Crippen LogP contribution in [0.3, 0.4) is 0 Å². The van der Waals surface area contributed by atoms with Gasteiger partial charge in [-0.05, 0) is 12.5 Å². The van der Waals surface area contributed by atoms with Crippen molar-refractivity contribution in [1.29, 1.82) is 0 Å². The number of hydroxylamine groups is 1. The first-order valence-corrected chi connectivity index (χ1v) is 9.72. The summed E-state index contributed by atoms with van der Waals surface area (Å²) in [6, 6.07) is 7.35. The summed E-state index contributed by atoms with van der Waals surface area (Å²) in [6.07, 6.45) is 1.48. The third kappa shape index (κ3) is 4.08. The van der Waals surface area contributed by atoms with E-state index < -0.39 is 15.9 Å². The van der Waals surface area contributed by atoms with Crippen molar-refractivity contribution in [2.45, 2.75) is 31.1 Å². The first-order chi connectivity index (χ1) is 11.0. The Hall–Kier alpha value is -1.48. The number of hydrogen-bond donors (Lipinski definition) is 2. The highest BCUT2D eigenvalue weighted by Crippen LogP contribution is 2.31. The second-order valence-corrected chi connectivity index (χ2v) is 7.96. The van der Waals surface area contributed by atoms with Crippen LogP contribution in [0.5, 0.6) is 0 Å². The maximum absolute atomic E-state index is 13.0. The van der Waals surface area contributed by atoms with E-state index in [9.17, 15) is 13.2 Å². The van der Waals surface area contributed by atoms with Crippen LogP contribution in [0.1, 0.15) is 26.2 Å².